The molecule has 0 atom stereocenters. The number of amides is 2. The van der Waals surface area contributed by atoms with Crippen LogP contribution < -0.4 is 16.7 Å². The third-order valence-electron chi connectivity index (χ3n) is 4.30. The summed E-state index contributed by atoms with van der Waals surface area (Å²) < 4.78 is 175. The molecule has 0 unspecified atom stereocenters. The molecule has 0 saturated heterocycles. The van der Waals surface area contributed by atoms with Crippen molar-refractivity contribution in [2.24, 2.45) is 10.9 Å². The van der Waals surface area contributed by atoms with Crippen LogP contribution in [0.4, 0.5) is 61.5 Å². The zero-order valence-corrected chi connectivity index (χ0v) is 19.7. The first-order chi connectivity index (χ1) is 18.3. The Balaban J connectivity index is 0.000000509. The molecule has 1 aromatic carbocycles. The van der Waals surface area contributed by atoms with Crippen molar-refractivity contribution < 1.29 is 75.5 Å². The Morgan fingerprint density at radius 3 is 1.71 bits per heavy atom. The van der Waals surface area contributed by atoms with Crippen LogP contribution in [0.3, 0.4) is 0 Å². The van der Waals surface area contributed by atoms with E-state index in [-0.39, 0.29) is 11.5 Å². The van der Waals surface area contributed by atoms with Gasteiger partial charge in [0.15, 0.2) is 0 Å². The number of nitrogens with one attached hydrogen (secondary N) is 2. The van der Waals surface area contributed by atoms with E-state index in [1.54, 1.807) is 24.3 Å². The highest BCUT2D eigenvalue weighted by Gasteiger charge is 2.77. The molecule has 0 bridgehead atoms. The van der Waals surface area contributed by atoms with Crippen molar-refractivity contribution in [3.8, 4) is 11.3 Å². The molecule has 0 aliphatic rings. The van der Waals surface area contributed by atoms with Crippen LogP contribution in [0.5, 0.6) is 0 Å². The number of furan rings is 1. The van der Waals surface area contributed by atoms with E-state index in [1.165, 1.54) is 12.1 Å². The lowest BCUT2D eigenvalue weighted by Gasteiger charge is -2.26. The van der Waals surface area contributed by atoms with Crippen molar-refractivity contribution in [1.29, 1.82) is 0 Å². The number of hydrazone groups is 1. The van der Waals surface area contributed by atoms with Gasteiger partial charge in [0.1, 0.15) is 11.5 Å². The normalized spacial score (nSPS) is 13.5. The largest absolute Gasteiger partial charge is 0.460 e. The molecule has 1 aromatic heterocycles. The Morgan fingerprint density at radius 1 is 0.780 bits per heavy atom. The SMILES string of the molecule is NNC(=O)C(F)(F)C(F)(F)C(F)(F)F.O=C(N/N=C\c1ccc(-c2cccc(Cl)c2)o1)C(F)(F)C(F)(F)C(F)(F)F. The Labute approximate surface area is 222 Å². The second-order valence-corrected chi connectivity index (χ2v) is 7.61. The molecule has 1 heterocycles. The predicted molar refractivity (Wildman–Crippen MR) is 109 cm³/mol. The molecular formula is C19H11ClF14N4O3. The van der Waals surface area contributed by atoms with Crippen LogP contribution in [0.25, 0.3) is 11.3 Å². The summed E-state index contributed by atoms with van der Waals surface area (Å²) in [5, 5.41) is 3.30. The molecule has 7 nitrogen and oxygen atoms in total. The molecule has 2 aromatic rings. The van der Waals surface area contributed by atoms with Gasteiger partial charge in [-0.05, 0) is 24.3 Å². The Bertz CT molecular complexity index is 1260. The zero-order valence-electron chi connectivity index (χ0n) is 19.0. The van der Waals surface area contributed by atoms with Crippen LogP contribution in [-0.2, 0) is 9.59 Å². The van der Waals surface area contributed by atoms with Crippen molar-refractivity contribution in [1.82, 2.24) is 10.9 Å². The lowest BCUT2D eigenvalue weighted by atomic mass is 10.1. The molecule has 230 valence electrons. The summed E-state index contributed by atoms with van der Waals surface area (Å²) in [5.41, 5.74) is 1.99. The van der Waals surface area contributed by atoms with Gasteiger partial charge < -0.3 is 4.42 Å². The van der Waals surface area contributed by atoms with Gasteiger partial charge in [0.05, 0.1) is 6.21 Å². The molecule has 0 aliphatic carbocycles. The minimum absolute atomic E-state index is 0.101. The molecule has 0 radical (unpaired) electrons. The summed E-state index contributed by atoms with van der Waals surface area (Å²) in [6, 6.07) is 9.12. The fourth-order valence-corrected chi connectivity index (χ4v) is 2.37. The monoisotopic (exact) mass is 644 g/mol. The number of nitrogens with zero attached hydrogens (tertiary/aromatic N) is 1. The van der Waals surface area contributed by atoms with E-state index >= 15 is 0 Å². The van der Waals surface area contributed by atoms with Gasteiger partial charge in [-0.2, -0.15) is 66.6 Å². The first kappa shape index (κ1) is 35.4. The first-order valence-electron chi connectivity index (χ1n) is 9.69. The molecule has 0 aliphatic heterocycles. The van der Waals surface area contributed by atoms with Crippen molar-refractivity contribution in [3.63, 3.8) is 0 Å². The maximum atomic E-state index is 13.1. The summed E-state index contributed by atoms with van der Waals surface area (Å²) in [4.78, 5) is 21.0. The van der Waals surface area contributed by atoms with Gasteiger partial charge >= 0.3 is 47.9 Å². The highest BCUT2D eigenvalue weighted by atomic mass is 35.5. The third kappa shape index (κ3) is 7.57. The number of carbonyl (C=O) groups excluding carboxylic acids is 2. The van der Waals surface area contributed by atoms with Gasteiger partial charge in [0.2, 0.25) is 0 Å². The number of hydrogen-bond donors (Lipinski definition) is 3. The Hall–Kier alpha value is -3.62. The van der Waals surface area contributed by atoms with Crippen LogP contribution >= 0.6 is 11.6 Å². The molecule has 41 heavy (non-hydrogen) atoms. The minimum Gasteiger partial charge on any atom is -0.455 e. The number of halogens is 15. The lowest BCUT2D eigenvalue weighted by molar-refractivity contribution is -0.344. The number of hydrogen-bond acceptors (Lipinski definition) is 5. The van der Waals surface area contributed by atoms with E-state index in [9.17, 15) is 71.1 Å². The fraction of sp³-hybridized carbons (Fsp3) is 0.316. The number of hydrazine groups is 1. The van der Waals surface area contributed by atoms with Gasteiger partial charge in [-0.15, -0.1) is 0 Å². The average Bonchev–Trinajstić information content (AvgIpc) is 3.31. The summed E-state index contributed by atoms with van der Waals surface area (Å²) in [5.74, 6) is -26.7. The Kier molecular flexibility index (Phi) is 10.4. The van der Waals surface area contributed by atoms with E-state index in [2.05, 4.69) is 10.9 Å². The smallest absolute Gasteiger partial charge is 0.455 e. The van der Waals surface area contributed by atoms with Gasteiger partial charge in [0, 0.05) is 10.6 Å². The quantitative estimate of drug-likeness (QED) is 0.118. The molecule has 0 saturated carbocycles. The molecule has 4 N–H and O–H groups in total. The second-order valence-electron chi connectivity index (χ2n) is 7.18. The second kappa shape index (κ2) is 12.1. The molecule has 0 spiro atoms. The van der Waals surface area contributed by atoms with Crippen molar-refractivity contribution in [3.05, 3.63) is 47.2 Å². The van der Waals surface area contributed by atoms with E-state index in [0.29, 0.717) is 22.2 Å². The third-order valence-corrected chi connectivity index (χ3v) is 4.53. The van der Waals surface area contributed by atoms with Gasteiger partial charge in [-0.1, -0.05) is 23.7 Å². The number of alkyl halides is 14. The highest BCUT2D eigenvalue weighted by Crippen LogP contribution is 2.47. The van der Waals surface area contributed by atoms with Crippen LogP contribution in [0.2, 0.25) is 5.02 Å². The number of carbonyl (C=O) groups is 2. The lowest BCUT2D eigenvalue weighted by Crippen LogP contribution is -2.60. The summed E-state index contributed by atoms with van der Waals surface area (Å²) in [7, 11) is 0. The van der Waals surface area contributed by atoms with E-state index in [0.717, 1.165) is 5.43 Å². The van der Waals surface area contributed by atoms with E-state index in [1.807, 2.05) is 0 Å². The van der Waals surface area contributed by atoms with Crippen molar-refractivity contribution in [2.75, 3.05) is 0 Å². The molecule has 2 rings (SSSR count). The highest BCUT2D eigenvalue weighted by molar-refractivity contribution is 6.30. The maximum absolute atomic E-state index is 13.1. The summed E-state index contributed by atoms with van der Waals surface area (Å²) in [6.45, 7) is 0. The topological polar surface area (TPSA) is 110 Å². The van der Waals surface area contributed by atoms with Crippen LogP contribution in [-0.4, -0.2) is 54.1 Å². The minimum atomic E-state index is -6.62. The average molecular weight is 645 g/mol. The maximum Gasteiger partial charge on any atom is 0.460 e. The predicted octanol–water partition coefficient (Wildman–Crippen LogP) is 5.69. The fourth-order valence-electron chi connectivity index (χ4n) is 2.18. The number of nitrogens with two attached hydrogens (primary N) is 1. The first-order valence-corrected chi connectivity index (χ1v) is 10.1. The van der Waals surface area contributed by atoms with Gasteiger partial charge in [0.25, 0.3) is 0 Å². The Morgan fingerprint density at radius 2 is 1.27 bits per heavy atom. The van der Waals surface area contributed by atoms with Crippen LogP contribution in [0.15, 0.2) is 45.9 Å². The molecule has 22 heteroatoms. The van der Waals surface area contributed by atoms with Gasteiger partial charge in [-0.3, -0.25) is 15.0 Å². The van der Waals surface area contributed by atoms with E-state index in [4.69, 9.17) is 16.0 Å². The molecule has 0 fully saturated rings. The summed E-state index contributed by atoms with van der Waals surface area (Å²) >= 11 is 5.80. The molecule has 2 amide bonds. The number of rotatable bonds is 7. The van der Waals surface area contributed by atoms with Crippen molar-refractivity contribution in [2.45, 2.75) is 36.0 Å². The van der Waals surface area contributed by atoms with Crippen LogP contribution in [0, 0.1) is 0 Å². The number of benzene rings is 1. The summed E-state index contributed by atoms with van der Waals surface area (Å²) in [6.07, 6.45) is -12.5. The van der Waals surface area contributed by atoms with Crippen molar-refractivity contribution >= 4 is 29.6 Å². The van der Waals surface area contributed by atoms with Gasteiger partial charge in [-0.25, -0.2) is 11.3 Å². The van der Waals surface area contributed by atoms with E-state index < -0.39 is 47.9 Å². The zero-order chi connectivity index (χ0) is 32.2. The standard InChI is InChI=1S/C15H8ClF7N2O2.C4H3F7N2O/c16-9-3-1-2-8(6-9)11-5-4-10(27-11)7-24-25-12(26)13(17,18)14(19,20)15(21,22)23;5-2(6,1(14)13-12)3(7,8)4(9,10)11/h1-7H,(H,25,26);12H2,(H,13,14)/b24-7-;. The molecular weight excluding hydrogens is 634 g/mol. The van der Waals surface area contributed by atoms with Crippen LogP contribution in [0.1, 0.15) is 5.76 Å².